The average Bonchev–Trinajstić information content (AvgIpc) is 2.92. The van der Waals surface area contributed by atoms with Crippen molar-refractivity contribution in [2.75, 3.05) is 26.7 Å². The van der Waals surface area contributed by atoms with E-state index < -0.39 is 0 Å². The highest BCUT2D eigenvalue weighted by Crippen LogP contribution is 2.30. The number of benzene rings is 3. The summed E-state index contributed by atoms with van der Waals surface area (Å²) in [4.78, 5) is 14.2. The largest absolute Gasteiger partial charge is 0.458 e. The molecule has 3 N–H and O–H groups in total. The fourth-order valence-electron chi connectivity index (χ4n) is 4.51. The number of amides is 1. The Bertz CT molecular complexity index is 1160. The maximum Gasteiger partial charge on any atom is 0.251 e. The Labute approximate surface area is 207 Å². The Morgan fingerprint density at radius 3 is 2.06 bits per heavy atom. The van der Waals surface area contributed by atoms with Crippen LogP contribution in [0.3, 0.4) is 0 Å². The first kappa shape index (κ1) is 24.3. The molecule has 1 heterocycles. The lowest BCUT2D eigenvalue weighted by Crippen LogP contribution is -2.34. The SMILES string of the molecule is C=C(CN1CCC(c2ccc(C(=O)NC)cc2)CC1)O/C(=C(\N)c1ccccc1)c1ccccc1. The summed E-state index contributed by atoms with van der Waals surface area (Å²) in [5, 5.41) is 2.67. The second-order valence-corrected chi connectivity index (χ2v) is 8.87. The number of nitrogens with one attached hydrogen (secondary N) is 1. The molecular formula is C30H33N3O2. The highest BCUT2D eigenvalue weighted by molar-refractivity contribution is 5.94. The van der Waals surface area contributed by atoms with Crippen LogP contribution in [0.2, 0.25) is 0 Å². The fourth-order valence-corrected chi connectivity index (χ4v) is 4.51. The van der Waals surface area contributed by atoms with Crippen LogP contribution in [0.15, 0.2) is 97.3 Å². The quantitative estimate of drug-likeness (QED) is 0.351. The van der Waals surface area contributed by atoms with Gasteiger partial charge < -0.3 is 15.8 Å². The molecule has 1 aliphatic heterocycles. The minimum Gasteiger partial charge on any atom is -0.458 e. The summed E-state index contributed by atoms with van der Waals surface area (Å²) in [6.45, 7) is 6.79. The van der Waals surface area contributed by atoms with Gasteiger partial charge in [0.15, 0.2) is 5.76 Å². The molecular weight excluding hydrogens is 434 g/mol. The van der Waals surface area contributed by atoms with Crippen LogP contribution in [-0.2, 0) is 4.74 Å². The number of carbonyl (C=O) groups excluding carboxylic acids is 1. The van der Waals surface area contributed by atoms with Gasteiger partial charge in [0.25, 0.3) is 5.91 Å². The molecule has 0 bridgehead atoms. The normalized spacial score (nSPS) is 15.2. The third kappa shape index (κ3) is 6.19. The van der Waals surface area contributed by atoms with Gasteiger partial charge >= 0.3 is 0 Å². The molecule has 1 fully saturated rings. The van der Waals surface area contributed by atoms with E-state index in [1.165, 1.54) is 5.56 Å². The second kappa shape index (κ2) is 11.5. The van der Waals surface area contributed by atoms with Crippen LogP contribution in [0.4, 0.5) is 0 Å². The van der Waals surface area contributed by atoms with E-state index in [9.17, 15) is 4.79 Å². The van der Waals surface area contributed by atoms with Crippen molar-refractivity contribution >= 4 is 17.4 Å². The lowest BCUT2D eigenvalue weighted by molar-refractivity contribution is 0.0963. The minimum absolute atomic E-state index is 0.0540. The Hall–Kier alpha value is -3.83. The molecule has 5 nitrogen and oxygen atoms in total. The van der Waals surface area contributed by atoms with Crippen LogP contribution in [-0.4, -0.2) is 37.5 Å². The van der Waals surface area contributed by atoms with Crippen molar-refractivity contribution in [1.29, 1.82) is 0 Å². The molecule has 5 heteroatoms. The van der Waals surface area contributed by atoms with Gasteiger partial charge in [-0.25, -0.2) is 0 Å². The Balaban J connectivity index is 1.38. The van der Waals surface area contributed by atoms with E-state index in [0.717, 1.165) is 37.1 Å². The fraction of sp³-hybridized carbons (Fsp3) is 0.233. The molecule has 1 saturated heterocycles. The molecule has 35 heavy (non-hydrogen) atoms. The van der Waals surface area contributed by atoms with Gasteiger partial charge in [-0.05, 0) is 49.5 Å². The first-order chi connectivity index (χ1) is 17.0. The highest BCUT2D eigenvalue weighted by atomic mass is 16.5. The highest BCUT2D eigenvalue weighted by Gasteiger charge is 2.22. The topological polar surface area (TPSA) is 67.6 Å². The van der Waals surface area contributed by atoms with Gasteiger partial charge in [-0.2, -0.15) is 0 Å². The lowest BCUT2D eigenvalue weighted by Gasteiger charge is -2.32. The summed E-state index contributed by atoms with van der Waals surface area (Å²) in [6.07, 6.45) is 2.11. The molecule has 3 aromatic rings. The zero-order chi connectivity index (χ0) is 24.6. The van der Waals surface area contributed by atoms with Crippen molar-refractivity contribution in [3.63, 3.8) is 0 Å². The molecule has 0 spiro atoms. The van der Waals surface area contributed by atoms with Crippen molar-refractivity contribution in [2.24, 2.45) is 5.73 Å². The van der Waals surface area contributed by atoms with Gasteiger partial charge in [0.1, 0.15) is 5.76 Å². The van der Waals surface area contributed by atoms with Gasteiger partial charge in [0.2, 0.25) is 0 Å². The van der Waals surface area contributed by atoms with Gasteiger partial charge in [-0.15, -0.1) is 0 Å². The van der Waals surface area contributed by atoms with Crippen LogP contribution in [0.25, 0.3) is 11.5 Å². The summed E-state index contributed by atoms with van der Waals surface area (Å²) in [5.74, 6) is 1.75. The van der Waals surface area contributed by atoms with Crippen molar-refractivity contribution in [1.82, 2.24) is 10.2 Å². The molecule has 0 atom stereocenters. The van der Waals surface area contributed by atoms with Gasteiger partial charge in [0, 0.05) is 23.7 Å². The summed E-state index contributed by atoms with van der Waals surface area (Å²) in [5.41, 5.74) is 11.0. The first-order valence-corrected chi connectivity index (χ1v) is 12.1. The smallest absolute Gasteiger partial charge is 0.251 e. The first-order valence-electron chi connectivity index (χ1n) is 12.1. The van der Waals surface area contributed by atoms with E-state index in [2.05, 4.69) is 28.9 Å². The van der Waals surface area contributed by atoms with Crippen molar-refractivity contribution < 1.29 is 9.53 Å². The average molecular weight is 468 g/mol. The third-order valence-corrected chi connectivity index (χ3v) is 6.47. The lowest BCUT2D eigenvalue weighted by atomic mass is 9.89. The maximum atomic E-state index is 11.8. The molecule has 3 aromatic carbocycles. The van der Waals surface area contributed by atoms with Crippen LogP contribution in [0.1, 0.15) is 45.8 Å². The minimum atomic E-state index is -0.0540. The van der Waals surface area contributed by atoms with Crippen molar-refractivity contribution in [3.8, 4) is 0 Å². The molecule has 180 valence electrons. The monoisotopic (exact) mass is 467 g/mol. The third-order valence-electron chi connectivity index (χ3n) is 6.47. The number of nitrogens with zero attached hydrogens (tertiary/aromatic N) is 1. The molecule has 0 unspecified atom stereocenters. The van der Waals surface area contributed by atoms with E-state index in [-0.39, 0.29) is 5.91 Å². The number of piperidine rings is 1. The molecule has 0 radical (unpaired) electrons. The number of hydrogen-bond acceptors (Lipinski definition) is 4. The number of nitrogens with two attached hydrogens (primary N) is 1. The van der Waals surface area contributed by atoms with Crippen LogP contribution in [0, 0.1) is 0 Å². The predicted octanol–water partition coefficient (Wildman–Crippen LogP) is 5.24. The van der Waals surface area contributed by atoms with Gasteiger partial charge in [-0.3, -0.25) is 9.69 Å². The standard InChI is InChI=1S/C30H33N3O2/c1-22(35-29(26-11-7-4-8-12-26)28(31)25-9-5-3-6-10-25)21-33-19-17-24(18-20-33)23-13-15-27(16-14-23)30(34)32-2/h3-16,24H,1,17-21,31H2,2H3,(H,32,34)/b29-28-. The molecule has 0 aliphatic carbocycles. The number of likely N-dealkylation sites (tertiary alicyclic amines) is 1. The summed E-state index contributed by atoms with van der Waals surface area (Å²) in [7, 11) is 1.65. The van der Waals surface area contributed by atoms with Gasteiger partial charge in [0.05, 0.1) is 12.2 Å². The summed E-state index contributed by atoms with van der Waals surface area (Å²) < 4.78 is 6.29. The Kier molecular flexibility index (Phi) is 8.01. The zero-order valence-electron chi connectivity index (χ0n) is 20.2. The van der Waals surface area contributed by atoms with E-state index in [0.29, 0.717) is 35.2 Å². The van der Waals surface area contributed by atoms with E-state index in [1.807, 2.05) is 72.8 Å². The maximum absolute atomic E-state index is 11.8. The van der Waals surface area contributed by atoms with E-state index in [4.69, 9.17) is 10.5 Å². The number of hydrogen-bond donors (Lipinski definition) is 2. The molecule has 4 rings (SSSR count). The van der Waals surface area contributed by atoms with Crippen LogP contribution < -0.4 is 11.1 Å². The Morgan fingerprint density at radius 1 is 0.914 bits per heavy atom. The molecule has 0 saturated carbocycles. The predicted molar refractivity (Wildman–Crippen MR) is 142 cm³/mol. The summed E-state index contributed by atoms with van der Waals surface area (Å²) in [6, 6.07) is 27.8. The van der Waals surface area contributed by atoms with E-state index in [1.54, 1.807) is 7.05 Å². The zero-order valence-corrected chi connectivity index (χ0v) is 20.2. The molecule has 1 amide bonds. The molecule has 1 aliphatic rings. The van der Waals surface area contributed by atoms with Crippen molar-refractivity contribution in [3.05, 3.63) is 120 Å². The molecule has 0 aromatic heterocycles. The number of carbonyl (C=O) groups is 1. The Morgan fingerprint density at radius 2 is 1.49 bits per heavy atom. The number of ether oxygens (including phenoxy) is 1. The van der Waals surface area contributed by atoms with E-state index >= 15 is 0 Å². The van der Waals surface area contributed by atoms with Gasteiger partial charge in [-0.1, -0.05) is 79.4 Å². The second-order valence-electron chi connectivity index (χ2n) is 8.87. The number of rotatable bonds is 8. The van der Waals surface area contributed by atoms with Crippen molar-refractivity contribution in [2.45, 2.75) is 18.8 Å². The van der Waals surface area contributed by atoms with Crippen LogP contribution in [0.5, 0.6) is 0 Å². The summed E-state index contributed by atoms with van der Waals surface area (Å²) >= 11 is 0. The van der Waals surface area contributed by atoms with Crippen LogP contribution >= 0.6 is 0 Å².